The molecular formula is C16H21N5S. The van der Waals surface area contributed by atoms with Gasteiger partial charge in [-0.1, -0.05) is 0 Å². The van der Waals surface area contributed by atoms with Gasteiger partial charge in [-0.15, -0.1) is 0 Å². The zero-order chi connectivity index (χ0) is 16.1. The van der Waals surface area contributed by atoms with Crippen LogP contribution >= 0.6 is 12.2 Å². The number of hydrazone groups is 1. The van der Waals surface area contributed by atoms with Crippen LogP contribution in [0.1, 0.15) is 29.4 Å². The number of hydrogen-bond acceptors (Lipinski definition) is 3. The second-order valence-corrected chi connectivity index (χ2v) is 5.49. The summed E-state index contributed by atoms with van der Waals surface area (Å²) in [6.07, 6.45) is 3.60. The predicted molar refractivity (Wildman–Crippen MR) is 94.8 cm³/mol. The highest BCUT2D eigenvalue weighted by molar-refractivity contribution is 7.80. The van der Waals surface area contributed by atoms with Crippen molar-refractivity contribution < 1.29 is 0 Å². The van der Waals surface area contributed by atoms with Gasteiger partial charge in [0.05, 0.1) is 6.21 Å². The molecule has 0 atom stereocenters. The van der Waals surface area contributed by atoms with E-state index in [-0.39, 0.29) is 0 Å². The van der Waals surface area contributed by atoms with Gasteiger partial charge < -0.3 is 9.88 Å². The summed E-state index contributed by atoms with van der Waals surface area (Å²) in [5.74, 6) is 0.922. The van der Waals surface area contributed by atoms with E-state index in [4.69, 9.17) is 12.2 Å². The first kappa shape index (κ1) is 16.2. The zero-order valence-corrected chi connectivity index (χ0v) is 14.2. The molecule has 2 heterocycles. The van der Waals surface area contributed by atoms with Crippen LogP contribution in [-0.2, 0) is 0 Å². The molecule has 0 amide bonds. The van der Waals surface area contributed by atoms with Gasteiger partial charge in [-0.25, -0.2) is 4.98 Å². The second kappa shape index (κ2) is 7.17. The summed E-state index contributed by atoms with van der Waals surface area (Å²) in [6, 6.07) is 6.14. The maximum absolute atomic E-state index is 5.07. The Morgan fingerprint density at radius 3 is 2.82 bits per heavy atom. The highest BCUT2D eigenvalue weighted by Crippen LogP contribution is 2.18. The largest absolute Gasteiger partial charge is 0.362 e. The van der Waals surface area contributed by atoms with Crippen molar-refractivity contribution in [2.45, 2.75) is 27.7 Å². The topological polar surface area (TPSA) is 54.2 Å². The van der Waals surface area contributed by atoms with Crippen molar-refractivity contribution in [3.8, 4) is 5.82 Å². The summed E-state index contributed by atoms with van der Waals surface area (Å²) in [6.45, 7) is 8.94. The third kappa shape index (κ3) is 3.71. The number of nitrogens with zero attached hydrogens (tertiary/aromatic N) is 3. The van der Waals surface area contributed by atoms with Crippen molar-refractivity contribution in [2.75, 3.05) is 6.54 Å². The lowest BCUT2D eigenvalue weighted by Gasteiger charge is -2.09. The van der Waals surface area contributed by atoms with Crippen molar-refractivity contribution in [2.24, 2.45) is 5.10 Å². The summed E-state index contributed by atoms with van der Waals surface area (Å²) in [5.41, 5.74) is 7.23. The molecule has 2 rings (SSSR count). The molecule has 0 aliphatic rings. The van der Waals surface area contributed by atoms with Gasteiger partial charge in [0.25, 0.3) is 0 Å². The van der Waals surface area contributed by atoms with E-state index < -0.39 is 0 Å². The van der Waals surface area contributed by atoms with Crippen LogP contribution in [0.2, 0.25) is 0 Å². The van der Waals surface area contributed by atoms with E-state index in [0.717, 1.165) is 29.3 Å². The summed E-state index contributed by atoms with van der Waals surface area (Å²) < 4.78 is 2.12. The molecule has 0 aliphatic heterocycles. The fourth-order valence-corrected chi connectivity index (χ4v) is 2.47. The van der Waals surface area contributed by atoms with Crippen molar-refractivity contribution >= 4 is 23.5 Å². The minimum absolute atomic E-state index is 0.521. The normalized spacial score (nSPS) is 10.9. The van der Waals surface area contributed by atoms with Gasteiger partial charge in [-0.2, -0.15) is 5.10 Å². The fourth-order valence-electron chi connectivity index (χ4n) is 2.27. The molecule has 116 valence electrons. The zero-order valence-electron chi connectivity index (χ0n) is 13.3. The summed E-state index contributed by atoms with van der Waals surface area (Å²) in [7, 11) is 0. The van der Waals surface area contributed by atoms with Gasteiger partial charge in [-0.3, -0.25) is 5.43 Å². The van der Waals surface area contributed by atoms with Crippen LogP contribution in [0.5, 0.6) is 0 Å². The quantitative estimate of drug-likeness (QED) is 0.517. The lowest BCUT2D eigenvalue weighted by atomic mass is 10.2. The monoisotopic (exact) mass is 315 g/mol. The lowest BCUT2D eigenvalue weighted by Crippen LogP contribution is -2.31. The number of aryl methyl sites for hydroxylation is 2. The number of nitrogens with one attached hydrogen (secondary N) is 2. The van der Waals surface area contributed by atoms with Gasteiger partial charge in [0.1, 0.15) is 5.82 Å². The molecule has 0 saturated heterocycles. The molecule has 0 spiro atoms. The summed E-state index contributed by atoms with van der Waals surface area (Å²) in [5, 5.41) is 7.68. The molecular weight excluding hydrogens is 294 g/mol. The van der Waals surface area contributed by atoms with Crippen molar-refractivity contribution in [3.05, 3.63) is 46.9 Å². The molecule has 0 bridgehead atoms. The van der Waals surface area contributed by atoms with Crippen LogP contribution in [0, 0.1) is 20.8 Å². The molecule has 22 heavy (non-hydrogen) atoms. The SMILES string of the molecule is CCNC(=S)NN=Cc1cc(C)n(-c2cc(C)ccn2)c1C. The predicted octanol–water partition coefficient (Wildman–Crippen LogP) is 2.62. The summed E-state index contributed by atoms with van der Waals surface area (Å²) in [4.78, 5) is 4.45. The Bertz CT molecular complexity index is 703. The van der Waals surface area contributed by atoms with E-state index in [2.05, 4.69) is 58.3 Å². The van der Waals surface area contributed by atoms with Crippen LogP contribution in [0.15, 0.2) is 29.5 Å². The Morgan fingerprint density at radius 1 is 1.36 bits per heavy atom. The van der Waals surface area contributed by atoms with Crippen molar-refractivity contribution in [1.29, 1.82) is 0 Å². The molecule has 0 unspecified atom stereocenters. The van der Waals surface area contributed by atoms with Gasteiger partial charge >= 0.3 is 0 Å². The molecule has 0 saturated carbocycles. The fraction of sp³-hybridized carbons (Fsp3) is 0.312. The Balaban J connectivity index is 2.24. The molecule has 2 aromatic heterocycles. The molecule has 6 heteroatoms. The highest BCUT2D eigenvalue weighted by Gasteiger charge is 2.10. The maximum Gasteiger partial charge on any atom is 0.186 e. The van der Waals surface area contributed by atoms with E-state index in [1.54, 1.807) is 6.21 Å². The van der Waals surface area contributed by atoms with E-state index in [1.807, 2.05) is 19.2 Å². The van der Waals surface area contributed by atoms with Crippen LogP contribution in [0.4, 0.5) is 0 Å². The average Bonchev–Trinajstić information content (AvgIpc) is 2.74. The van der Waals surface area contributed by atoms with Gasteiger partial charge in [-0.05, 0) is 63.7 Å². The Hall–Kier alpha value is -2.21. The Labute approximate surface area is 136 Å². The third-order valence-corrected chi connectivity index (χ3v) is 3.54. The van der Waals surface area contributed by atoms with Gasteiger partial charge in [0.2, 0.25) is 0 Å². The number of rotatable bonds is 4. The number of pyridine rings is 1. The molecule has 0 aromatic carbocycles. The van der Waals surface area contributed by atoms with E-state index >= 15 is 0 Å². The molecule has 5 nitrogen and oxygen atoms in total. The molecule has 0 fully saturated rings. The minimum Gasteiger partial charge on any atom is -0.362 e. The Morgan fingerprint density at radius 2 is 2.14 bits per heavy atom. The van der Waals surface area contributed by atoms with E-state index in [0.29, 0.717) is 5.11 Å². The average molecular weight is 315 g/mol. The Kier molecular flexibility index (Phi) is 5.27. The molecule has 0 aliphatic carbocycles. The number of hydrogen-bond donors (Lipinski definition) is 2. The standard InChI is InChI=1S/C16H21N5S/c1-5-17-16(22)20-19-10-14-9-12(3)21(13(14)4)15-8-11(2)6-7-18-15/h6-10H,5H2,1-4H3,(H2,17,20,22). The summed E-state index contributed by atoms with van der Waals surface area (Å²) >= 11 is 5.07. The van der Waals surface area contributed by atoms with Crippen LogP contribution in [-0.4, -0.2) is 27.4 Å². The van der Waals surface area contributed by atoms with Gasteiger partial charge in [0, 0.05) is 29.7 Å². The lowest BCUT2D eigenvalue weighted by molar-refractivity contribution is 0.902. The number of thiocarbonyl (C=S) groups is 1. The van der Waals surface area contributed by atoms with E-state index in [1.165, 1.54) is 5.56 Å². The molecule has 2 aromatic rings. The first-order valence-corrected chi connectivity index (χ1v) is 7.62. The van der Waals surface area contributed by atoms with E-state index in [9.17, 15) is 0 Å². The first-order valence-electron chi connectivity index (χ1n) is 7.21. The van der Waals surface area contributed by atoms with Crippen molar-refractivity contribution in [3.63, 3.8) is 0 Å². The van der Waals surface area contributed by atoms with Crippen LogP contribution < -0.4 is 10.7 Å². The smallest absolute Gasteiger partial charge is 0.186 e. The first-order chi connectivity index (χ1) is 10.5. The van der Waals surface area contributed by atoms with Gasteiger partial charge in [0.15, 0.2) is 5.11 Å². The highest BCUT2D eigenvalue weighted by atomic mass is 32.1. The van der Waals surface area contributed by atoms with Crippen LogP contribution in [0.25, 0.3) is 5.82 Å². The van der Waals surface area contributed by atoms with Crippen molar-refractivity contribution in [1.82, 2.24) is 20.3 Å². The third-order valence-electron chi connectivity index (χ3n) is 3.31. The maximum atomic E-state index is 5.07. The second-order valence-electron chi connectivity index (χ2n) is 5.08. The van der Waals surface area contributed by atoms with Crippen LogP contribution in [0.3, 0.4) is 0 Å². The minimum atomic E-state index is 0.521. The molecule has 0 radical (unpaired) electrons. The molecule has 2 N–H and O–H groups in total. The number of aromatic nitrogens is 2.